The van der Waals surface area contributed by atoms with Crippen LogP contribution in [0.25, 0.3) is 0 Å². The van der Waals surface area contributed by atoms with Gasteiger partial charge in [-0.3, -0.25) is 4.79 Å². The number of carbonyl (C=O) groups is 1. The van der Waals surface area contributed by atoms with E-state index in [1.807, 2.05) is 0 Å². The van der Waals surface area contributed by atoms with E-state index >= 15 is 0 Å². The SMILES string of the molecule is O=C(N[C@H]1CC[C@H](NCCC2CC2)CC1)c1cc(F)cc(Cl)c1. The minimum Gasteiger partial charge on any atom is -0.349 e. The Morgan fingerprint density at radius 1 is 1.09 bits per heavy atom. The predicted octanol–water partition coefficient (Wildman–Crippen LogP) is 3.91. The first-order chi connectivity index (χ1) is 11.1. The first kappa shape index (κ1) is 16.7. The number of hydrogen-bond acceptors (Lipinski definition) is 2. The van der Waals surface area contributed by atoms with Crippen molar-refractivity contribution in [3.63, 3.8) is 0 Å². The van der Waals surface area contributed by atoms with Crippen molar-refractivity contribution in [2.24, 2.45) is 5.92 Å². The van der Waals surface area contributed by atoms with Crippen LogP contribution in [0.2, 0.25) is 5.02 Å². The van der Waals surface area contributed by atoms with Gasteiger partial charge in [-0.05, 0) is 62.8 Å². The fourth-order valence-corrected chi connectivity index (χ4v) is 3.52. The molecule has 0 saturated heterocycles. The molecule has 2 aliphatic carbocycles. The fraction of sp³-hybridized carbons (Fsp3) is 0.611. The summed E-state index contributed by atoms with van der Waals surface area (Å²) >= 11 is 5.80. The second-order valence-electron chi connectivity index (χ2n) is 6.87. The molecule has 0 bridgehead atoms. The van der Waals surface area contributed by atoms with Gasteiger partial charge in [0.2, 0.25) is 0 Å². The summed E-state index contributed by atoms with van der Waals surface area (Å²) in [5.41, 5.74) is 0.291. The van der Waals surface area contributed by atoms with Gasteiger partial charge in [0.05, 0.1) is 0 Å². The van der Waals surface area contributed by atoms with Crippen LogP contribution < -0.4 is 10.6 Å². The van der Waals surface area contributed by atoms with E-state index in [1.54, 1.807) is 0 Å². The quantitative estimate of drug-likeness (QED) is 0.825. The van der Waals surface area contributed by atoms with Gasteiger partial charge in [-0.2, -0.15) is 0 Å². The third kappa shape index (κ3) is 5.18. The van der Waals surface area contributed by atoms with Crippen molar-refractivity contribution in [3.05, 3.63) is 34.6 Å². The molecule has 0 unspecified atom stereocenters. The molecule has 2 fully saturated rings. The second-order valence-corrected chi connectivity index (χ2v) is 7.30. The van der Waals surface area contributed by atoms with Gasteiger partial charge < -0.3 is 10.6 Å². The van der Waals surface area contributed by atoms with Crippen molar-refractivity contribution < 1.29 is 9.18 Å². The summed E-state index contributed by atoms with van der Waals surface area (Å²) in [4.78, 5) is 12.2. The Morgan fingerprint density at radius 2 is 1.78 bits per heavy atom. The van der Waals surface area contributed by atoms with Gasteiger partial charge in [0.15, 0.2) is 0 Å². The predicted molar refractivity (Wildman–Crippen MR) is 90.3 cm³/mol. The Morgan fingerprint density at radius 3 is 2.43 bits per heavy atom. The zero-order valence-corrected chi connectivity index (χ0v) is 14.0. The third-order valence-corrected chi connectivity index (χ3v) is 5.09. The highest BCUT2D eigenvalue weighted by Crippen LogP contribution is 2.32. The summed E-state index contributed by atoms with van der Waals surface area (Å²) in [6.07, 6.45) is 8.22. The lowest BCUT2D eigenvalue weighted by Gasteiger charge is -2.30. The monoisotopic (exact) mass is 338 g/mol. The molecule has 3 rings (SSSR count). The maximum Gasteiger partial charge on any atom is 0.251 e. The minimum atomic E-state index is -0.480. The van der Waals surface area contributed by atoms with E-state index in [2.05, 4.69) is 10.6 Å². The molecule has 0 spiro atoms. The van der Waals surface area contributed by atoms with E-state index in [-0.39, 0.29) is 17.0 Å². The average molecular weight is 339 g/mol. The summed E-state index contributed by atoms with van der Waals surface area (Å²) in [7, 11) is 0. The normalized spacial score (nSPS) is 24.4. The lowest BCUT2D eigenvalue weighted by Crippen LogP contribution is -2.42. The Labute approximate surface area is 142 Å². The van der Waals surface area contributed by atoms with Crippen LogP contribution in [0.15, 0.2) is 18.2 Å². The number of halogens is 2. The maximum atomic E-state index is 13.3. The molecular formula is C18H24ClFN2O. The molecule has 3 nitrogen and oxygen atoms in total. The summed E-state index contributed by atoms with van der Waals surface area (Å²) in [5, 5.41) is 6.88. The summed E-state index contributed by atoms with van der Waals surface area (Å²) < 4.78 is 13.3. The number of hydrogen-bond donors (Lipinski definition) is 2. The van der Waals surface area contributed by atoms with E-state index in [0.717, 1.165) is 38.1 Å². The van der Waals surface area contributed by atoms with Crippen molar-refractivity contribution in [1.29, 1.82) is 0 Å². The second kappa shape index (κ2) is 7.63. The Bertz CT molecular complexity index is 534. The molecule has 1 amide bonds. The third-order valence-electron chi connectivity index (χ3n) is 4.87. The van der Waals surface area contributed by atoms with Crippen LogP contribution in [0.3, 0.4) is 0 Å². The number of nitrogens with one attached hydrogen (secondary N) is 2. The van der Waals surface area contributed by atoms with Crippen molar-refractivity contribution in [2.75, 3.05) is 6.54 Å². The van der Waals surface area contributed by atoms with Gasteiger partial charge in [0, 0.05) is 22.7 Å². The van der Waals surface area contributed by atoms with E-state index in [4.69, 9.17) is 11.6 Å². The number of amides is 1. The van der Waals surface area contributed by atoms with Crippen LogP contribution in [-0.4, -0.2) is 24.5 Å². The zero-order valence-electron chi connectivity index (χ0n) is 13.3. The molecule has 0 heterocycles. The molecule has 0 radical (unpaired) electrons. The molecule has 1 aromatic rings. The molecule has 1 aromatic carbocycles. The first-order valence-electron chi connectivity index (χ1n) is 8.60. The van der Waals surface area contributed by atoms with Gasteiger partial charge in [-0.1, -0.05) is 24.4 Å². The molecule has 0 atom stereocenters. The lowest BCUT2D eigenvalue weighted by molar-refractivity contribution is 0.0923. The van der Waals surface area contributed by atoms with Crippen LogP contribution in [0.4, 0.5) is 4.39 Å². The van der Waals surface area contributed by atoms with Gasteiger partial charge in [-0.25, -0.2) is 4.39 Å². The van der Waals surface area contributed by atoms with Crippen LogP contribution >= 0.6 is 11.6 Å². The number of rotatable bonds is 6. The van der Waals surface area contributed by atoms with E-state index < -0.39 is 5.82 Å². The van der Waals surface area contributed by atoms with Gasteiger partial charge in [0.1, 0.15) is 5.82 Å². The smallest absolute Gasteiger partial charge is 0.251 e. The number of benzene rings is 1. The molecule has 23 heavy (non-hydrogen) atoms. The van der Waals surface area contributed by atoms with Crippen molar-refractivity contribution in [1.82, 2.24) is 10.6 Å². The molecule has 5 heteroatoms. The van der Waals surface area contributed by atoms with Gasteiger partial charge in [0.25, 0.3) is 5.91 Å². The molecule has 0 aliphatic heterocycles. The van der Waals surface area contributed by atoms with Crippen molar-refractivity contribution in [3.8, 4) is 0 Å². The summed E-state index contributed by atoms with van der Waals surface area (Å²) in [5.74, 6) is 0.249. The Hall–Kier alpha value is -1.13. The van der Waals surface area contributed by atoms with E-state index in [1.165, 1.54) is 37.5 Å². The molecule has 126 valence electrons. The highest BCUT2D eigenvalue weighted by atomic mass is 35.5. The molecule has 0 aromatic heterocycles. The maximum absolute atomic E-state index is 13.3. The Balaban J connectivity index is 1.41. The minimum absolute atomic E-state index is 0.172. The molecular weight excluding hydrogens is 315 g/mol. The zero-order chi connectivity index (χ0) is 16.2. The molecule has 2 saturated carbocycles. The van der Waals surface area contributed by atoms with Crippen LogP contribution in [-0.2, 0) is 0 Å². The van der Waals surface area contributed by atoms with Crippen molar-refractivity contribution in [2.45, 2.75) is 57.0 Å². The summed E-state index contributed by atoms with van der Waals surface area (Å²) in [6.45, 7) is 1.12. The Kier molecular flexibility index (Phi) is 5.54. The fourth-order valence-electron chi connectivity index (χ4n) is 3.29. The first-order valence-corrected chi connectivity index (χ1v) is 8.98. The van der Waals surface area contributed by atoms with E-state index in [0.29, 0.717) is 11.6 Å². The van der Waals surface area contributed by atoms with Crippen LogP contribution in [0, 0.1) is 11.7 Å². The standard InChI is InChI=1S/C18H24ClFN2O/c19-14-9-13(10-15(20)11-14)18(23)22-17-5-3-16(4-6-17)21-8-7-12-1-2-12/h9-12,16-17,21H,1-8H2,(H,22,23)/t16-,17-. The topological polar surface area (TPSA) is 41.1 Å². The van der Waals surface area contributed by atoms with Crippen LogP contribution in [0.1, 0.15) is 55.3 Å². The highest BCUT2D eigenvalue weighted by Gasteiger charge is 2.24. The average Bonchev–Trinajstić information content (AvgIpc) is 3.32. The van der Waals surface area contributed by atoms with Gasteiger partial charge >= 0.3 is 0 Å². The van der Waals surface area contributed by atoms with Crippen LogP contribution in [0.5, 0.6) is 0 Å². The van der Waals surface area contributed by atoms with Gasteiger partial charge in [-0.15, -0.1) is 0 Å². The number of carbonyl (C=O) groups excluding carboxylic acids is 1. The largest absolute Gasteiger partial charge is 0.349 e. The van der Waals surface area contributed by atoms with E-state index in [9.17, 15) is 9.18 Å². The lowest BCUT2D eigenvalue weighted by atomic mass is 9.91. The summed E-state index contributed by atoms with van der Waals surface area (Å²) in [6, 6.07) is 4.69. The van der Waals surface area contributed by atoms with Crippen molar-refractivity contribution >= 4 is 17.5 Å². The highest BCUT2D eigenvalue weighted by molar-refractivity contribution is 6.31. The molecule has 2 aliphatic rings. The molecule has 2 N–H and O–H groups in total.